The molecule has 4 N–H and O–H groups in total. The molecule has 0 aromatic heterocycles. The van der Waals surface area contributed by atoms with E-state index in [0.717, 1.165) is 0 Å². The summed E-state index contributed by atoms with van der Waals surface area (Å²) >= 11 is 4.48. The molecule has 0 amide bonds. The summed E-state index contributed by atoms with van der Waals surface area (Å²) in [4.78, 5) is 10.7. The summed E-state index contributed by atoms with van der Waals surface area (Å²) in [6, 6.07) is 0. The van der Waals surface area contributed by atoms with Crippen molar-refractivity contribution in [2.75, 3.05) is 0 Å². The third-order valence-corrected chi connectivity index (χ3v) is 1.10. The van der Waals surface area contributed by atoms with Crippen LogP contribution in [0.4, 0.5) is 0 Å². The third-order valence-electron chi connectivity index (χ3n) is 0.993. The molecule has 66 valence electrons. The van der Waals surface area contributed by atoms with Gasteiger partial charge in [0.2, 0.25) is 0 Å². The molecule has 5 nitrogen and oxygen atoms in total. The summed E-state index contributed by atoms with van der Waals surface area (Å²) in [5.41, 5.74) is 4.99. The molecule has 0 aromatic carbocycles. The Hall–Kier alpha value is -1.43. The van der Waals surface area contributed by atoms with Crippen LogP contribution < -0.4 is 11.1 Å². The van der Waals surface area contributed by atoms with E-state index in [1.807, 2.05) is 0 Å². The highest BCUT2D eigenvalue weighted by molar-refractivity contribution is 7.80. The molecule has 0 aliphatic rings. The van der Waals surface area contributed by atoms with Crippen molar-refractivity contribution >= 4 is 28.8 Å². The van der Waals surface area contributed by atoms with Gasteiger partial charge in [0, 0.05) is 6.92 Å². The normalized spacial score (nSPS) is 10.6. The van der Waals surface area contributed by atoms with Gasteiger partial charge in [-0.1, -0.05) is 11.7 Å². The summed E-state index contributed by atoms with van der Waals surface area (Å²) in [6.07, 6.45) is 0. The molecule has 0 aliphatic carbocycles. The van der Waals surface area contributed by atoms with Gasteiger partial charge in [-0.25, -0.2) is 0 Å². The Morgan fingerprint density at radius 1 is 1.75 bits per heavy atom. The van der Waals surface area contributed by atoms with Crippen LogP contribution in [0.1, 0.15) is 6.92 Å². The van der Waals surface area contributed by atoms with Crippen molar-refractivity contribution in [2.45, 2.75) is 6.92 Å². The smallest absolute Gasteiger partial charge is 0.183 e. The predicted octanol–water partition coefficient (Wildman–Crippen LogP) is -0.247. The Morgan fingerprint density at radius 2 is 2.25 bits per heavy atom. The number of Topliss-reactive ketones (excluding diaryl/α,β-unsaturated/α-hetero) is 1. The summed E-state index contributed by atoms with van der Waals surface area (Å²) in [7, 11) is 0. The average molecular weight is 187 g/mol. The lowest BCUT2D eigenvalue weighted by Crippen LogP contribution is -2.33. The van der Waals surface area contributed by atoms with Crippen molar-refractivity contribution in [1.82, 2.24) is 5.32 Å². The predicted molar refractivity (Wildman–Crippen MR) is 49.0 cm³/mol. The first-order chi connectivity index (χ1) is 5.49. The van der Waals surface area contributed by atoms with Crippen LogP contribution in [0.3, 0.4) is 0 Å². The fourth-order valence-corrected chi connectivity index (χ4v) is 0.674. The van der Waals surface area contributed by atoms with E-state index in [1.54, 1.807) is 0 Å². The molecule has 0 rings (SSSR count). The lowest BCUT2D eigenvalue weighted by atomic mass is 10.2. The van der Waals surface area contributed by atoms with Crippen molar-refractivity contribution in [1.29, 1.82) is 0 Å². The number of hydrogen-bond donors (Lipinski definition) is 3. The first-order valence-corrected chi connectivity index (χ1v) is 3.38. The van der Waals surface area contributed by atoms with Crippen molar-refractivity contribution in [3.63, 3.8) is 0 Å². The number of oxime groups is 1. The van der Waals surface area contributed by atoms with E-state index >= 15 is 0 Å². The summed E-state index contributed by atoms with van der Waals surface area (Å²) in [5.74, 6) is -0.425. The first-order valence-electron chi connectivity index (χ1n) is 2.97. The largest absolute Gasteiger partial charge is 0.410 e. The number of nitrogens with two attached hydrogens (primary N) is 1. The molecule has 0 bridgehead atoms. The molecule has 0 aliphatic heterocycles. The molecule has 0 radical (unpaired) electrons. The number of carbonyl (C=O) groups excluding carboxylic acids is 1. The highest BCUT2D eigenvalue weighted by Crippen LogP contribution is 1.91. The third kappa shape index (κ3) is 3.11. The SMILES string of the molecule is C=C(NC(N)=S)/C(=N\O)C(C)=O. The maximum atomic E-state index is 10.7. The first kappa shape index (κ1) is 10.6. The van der Waals surface area contributed by atoms with Gasteiger partial charge in [0.1, 0.15) is 0 Å². The maximum absolute atomic E-state index is 10.7. The van der Waals surface area contributed by atoms with Crippen molar-refractivity contribution in [2.24, 2.45) is 10.9 Å². The van der Waals surface area contributed by atoms with Crippen LogP contribution in [-0.2, 0) is 4.79 Å². The Balaban J connectivity index is 4.46. The fraction of sp³-hybridized carbons (Fsp3) is 0.167. The molecule has 0 unspecified atom stereocenters. The van der Waals surface area contributed by atoms with Crippen molar-refractivity contribution in [3.8, 4) is 0 Å². The lowest BCUT2D eigenvalue weighted by Gasteiger charge is -2.05. The Labute approximate surface area is 74.9 Å². The van der Waals surface area contributed by atoms with Gasteiger partial charge < -0.3 is 16.3 Å². The number of ketones is 1. The van der Waals surface area contributed by atoms with Gasteiger partial charge in [-0.2, -0.15) is 0 Å². The van der Waals surface area contributed by atoms with E-state index < -0.39 is 5.78 Å². The molecule has 0 saturated heterocycles. The van der Waals surface area contributed by atoms with Crippen LogP contribution in [0.2, 0.25) is 0 Å². The van der Waals surface area contributed by atoms with E-state index in [-0.39, 0.29) is 16.5 Å². The Kier molecular flexibility index (Phi) is 3.92. The second-order valence-corrected chi connectivity index (χ2v) is 2.41. The lowest BCUT2D eigenvalue weighted by molar-refractivity contribution is -0.111. The summed E-state index contributed by atoms with van der Waals surface area (Å²) in [6.45, 7) is 4.63. The Bertz CT molecular complexity index is 260. The van der Waals surface area contributed by atoms with Crippen LogP contribution >= 0.6 is 12.2 Å². The number of rotatable bonds is 3. The van der Waals surface area contributed by atoms with Crippen LogP contribution in [0.5, 0.6) is 0 Å². The minimum absolute atomic E-state index is 0.0394. The Morgan fingerprint density at radius 3 is 2.50 bits per heavy atom. The molecule has 0 heterocycles. The number of allylic oxidation sites excluding steroid dienone is 1. The molecule has 6 heteroatoms. The highest BCUT2D eigenvalue weighted by atomic mass is 32.1. The number of nitrogens with one attached hydrogen (secondary N) is 1. The monoisotopic (exact) mass is 187 g/mol. The van der Waals surface area contributed by atoms with Gasteiger partial charge in [0.05, 0.1) is 5.70 Å². The number of carbonyl (C=O) groups is 1. The van der Waals surface area contributed by atoms with E-state index in [2.05, 4.69) is 29.3 Å². The quantitative estimate of drug-likeness (QED) is 0.245. The minimum atomic E-state index is -0.425. The maximum Gasteiger partial charge on any atom is 0.183 e. The van der Waals surface area contributed by atoms with Gasteiger partial charge in [-0.05, 0) is 12.2 Å². The van der Waals surface area contributed by atoms with Gasteiger partial charge >= 0.3 is 0 Å². The molecular formula is C6H9N3O2S. The molecule has 12 heavy (non-hydrogen) atoms. The average Bonchev–Trinajstić information content (AvgIpc) is 1.85. The number of hydrogen-bond acceptors (Lipinski definition) is 4. The number of nitrogens with zero attached hydrogens (tertiary/aromatic N) is 1. The molecule has 0 fully saturated rings. The van der Waals surface area contributed by atoms with Crippen LogP contribution in [0.15, 0.2) is 17.4 Å². The van der Waals surface area contributed by atoms with Crippen LogP contribution in [-0.4, -0.2) is 21.8 Å². The zero-order valence-electron chi connectivity index (χ0n) is 6.50. The summed E-state index contributed by atoms with van der Waals surface area (Å²) in [5, 5.41) is 13.4. The molecule has 0 saturated carbocycles. The topological polar surface area (TPSA) is 87.7 Å². The molecular weight excluding hydrogens is 178 g/mol. The highest BCUT2D eigenvalue weighted by Gasteiger charge is 2.10. The van der Waals surface area contributed by atoms with Crippen LogP contribution in [0, 0.1) is 0 Å². The fourth-order valence-electron chi connectivity index (χ4n) is 0.551. The molecule has 0 spiro atoms. The van der Waals surface area contributed by atoms with Gasteiger partial charge in [0.15, 0.2) is 16.6 Å². The zero-order valence-corrected chi connectivity index (χ0v) is 7.31. The van der Waals surface area contributed by atoms with Crippen molar-refractivity contribution in [3.05, 3.63) is 12.3 Å². The minimum Gasteiger partial charge on any atom is -0.410 e. The summed E-state index contributed by atoms with van der Waals surface area (Å²) < 4.78 is 0. The van der Waals surface area contributed by atoms with Gasteiger partial charge in [-0.15, -0.1) is 0 Å². The second kappa shape index (κ2) is 4.45. The van der Waals surface area contributed by atoms with E-state index in [9.17, 15) is 4.79 Å². The second-order valence-electron chi connectivity index (χ2n) is 1.97. The van der Waals surface area contributed by atoms with E-state index in [1.165, 1.54) is 6.92 Å². The molecule has 0 aromatic rings. The van der Waals surface area contributed by atoms with E-state index in [4.69, 9.17) is 10.9 Å². The van der Waals surface area contributed by atoms with Crippen LogP contribution in [0.25, 0.3) is 0 Å². The van der Waals surface area contributed by atoms with E-state index in [0.29, 0.717) is 0 Å². The zero-order chi connectivity index (χ0) is 9.72. The van der Waals surface area contributed by atoms with Gasteiger partial charge in [-0.3, -0.25) is 4.79 Å². The standard InChI is InChI=1S/C6H9N3O2S/c1-3(8-6(7)12)5(9-11)4(2)10/h11H,1H2,2H3,(H3,7,8,12)/b9-5+. The van der Waals surface area contributed by atoms with Crippen molar-refractivity contribution < 1.29 is 10.0 Å². The number of thiocarbonyl (C=S) groups is 1. The molecule has 0 atom stereocenters. The van der Waals surface area contributed by atoms with Gasteiger partial charge in [0.25, 0.3) is 0 Å².